The Hall–Kier alpha value is -0.890. The number of pyridine rings is 1. The van der Waals surface area contributed by atoms with Crippen LogP contribution in [0.5, 0.6) is 0 Å². The van der Waals surface area contributed by atoms with Crippen molar-refractivity contribution in [1.29, 1.82) is 0 Å². The number of nitrogens with zero attached hydrogens (tertiary/aromatic N) is 1. The Morgan fingerprint density at radius 3 is 2.74 bits per heavy atom. The van der Waals surface area contributed by atoms with Gasteiger partial charge in [-0.3, -0.25) is 4.98 Å². The van der Waals surface area contributed by atoms with Gasteiger partial charge in [-0.25, -0.2) is 0 Å². The fourth-order valence-electron chi connectivity index (χ4n) is 3.13. The first-order valence-electron chi connectivity index (χ1n) is 7.60. The van der Waals surface area contributed by atoms with Gasteiger partial charge in [-0.1, -0.05) is 19.4 Å². The Morgan fingerprint density at radius 2 is 2.11 bits per heavy atom. The molecule has 1 N–H and O–H groups in total. The van der Waals surface area contributed by atoms with E-state index in [4.69, 9.17) is 0 Å². The minimum absolute atomic E-state index is 0.211. The van der Waals surface area contributed by atoms with Crippen molar-refractivity contribution < 1.29 is 0 Å². The van der Waals surface area contributed by atoms with E-state index in [-0.39, 0.29) is 5.54 Å². The Balaban J connectivity index is 2.07. The summed E-state index contributed by atoms with van der Waals surface area (Å²) in [6.07, 6.45) is 7.95. The lowest BCUT2D eigenvalue weighted by Gasteiger charge is -2.37. The van der Waals surface area contributed by atoms with Crippen LogP contribution < -0.4 is 5.32 Å². The summed E-state index contributed by atoms with van der Waals surface area (Å²) in [7, 11) is 0. The van der Waals surface area contributed by atoms with E-state index in [2.05, 4.69) is 56.3 Å². The van der Waals surface area contributed by atoms with Crippen LogP contribution in [0, 0.1) is 11.8 Å². The van der Waals surface area contributed by atoms with Crippen LogP contribution in [0.4, 0.5) is 0 Å². The summed E-state index contributed by atoms with van der Waals surface area (Å²) in [5.41, 5.74) is 1.64. The third kappa shape index (κ3) is 4.31. The maximum absolute atomic E-state index is 4.31. The molecule has 106 valence electrons. The van der Waals surface area contributed by atoms with Crippen LogP contribution in [-0.2, 0) is 0 Å². The fraction of sp³-hybridized carbons (Fsp3) is 0.706. The molecule has 1 aliphatic carbocycles. The first-order valence-corrected chi connectivity index (χ1v) is 7.60. The molecule has 0 spiro atoms. The summed E-state index contributed by atoms with van der Waals surface area (Å²) < 4.78 is 0. The minimum atomic E-state index is 0.211. The van der Waals surface area contributed by atoms with Crippen LogP contribution in [0.15, 0.2) is 24.5 Å². The van der Waals surface area contributed by atoms with E-state index >= 15 is 0 Å². The molecule has 0 saturated heterocycles. The molecule has 1 heterocycles. The summed E-state index contributed by atoms with van der Waals surface area (Å²) in [6.45, 7) is 10.2. The van der Waals surface area contributed by atoms with Gasteiger partial charge < -0.3 is 5.32 Å². The third-order valence-corrected chi connectivity index (χ3v) is 4.26. The van der Waals surface area contributed by atoms with Crippen molar-refractivity contribution in [3.63, 3.8) is 0 Å². The molecule has 2 heteroatoms. The van der Waals surface area contributed by atoms with E-state index in [0.29, 0.717) is 5.92 Å². The van der Waals surface area contributed by atoms with Crippen LogP contribution in [0.2, 0.25) is 0 Å². The summed E-state index contributed by atoms with van der Waals surface area (Å²) in [4.78, 5) is 4.31. The van der Waals surface area contributed by atoms with Gasteiger partial charge in [0.15, 0.2) is 0 Å². The van der Waals surface area contributed by atoms with Crippen molar-refractivity contribution in [1.82, 2.24) is 10.3 Å². The van der Waals surface area contributed by atoms with Gasteiger partial charge in [0, 0.05) is 17.9 Å². The molecule has 3 atom stereocenters. The molecule has 2 rings (SSSR count). The highest BCUT2D eigenvalue weighted by molar-refractivity contribution is 5.17. The molecular formula is C17H28N2. The molecule has 0 aliphatic heterocycles. The van der Waals surface area contributed by atoms with Crippen LogP contribution in [0.3, 0.4) is 0 Å². The molecule has 1 fully saturated rings. The predicted molar refractivity (Wildman–Crippen MR) is 81.2 cm³/mol. The van der Waals surface area contributed by atoms with Gasteiger partial charge in [0.05, 0.1) is 0 Å². The SMILES string of the molecule is CC1CCC(CNC(C)(C)C)C(c2cccnc2)C1. The minimum Gasteiger partial charge on any atom is -0.312 e. The smallest absolute Gasteiger partial charge is 0.0302 e. The van der Waals surface area contributed by atoms with Gasteiger partial charge >= 0.3 is 0 Å². The molecule has 0 amide bonds. The topological polar surface area (TPSA) is 24.9 Å². The highest BCUT2D eigenvalue weighted by atomic mass is 14.9. The van der Waals surface area contributed by atoms with Gasteiger partial charge in [-0.15, -0.1) is 0 Å². The Labute approximate surface area is 118 Å². The van der Waals surface area contributed by atoms with Gasteiger partial charge in [0.25, 0.3) is 0 Å². The number of rotatable bonds is 3. The number of hydrogen-bond donors (Lipinski definition) is 1. The quantitative estimate of drug-likeness (QED) is 0.889. The summed E-state index contributed by atoms with van der Waals surface area (Å²) in [6, 6.07) is 4.32. The lowest BCUT2D eigenvalue weighted by atomic mass is 9.72. The van der Waals surface area contributed by atoms with E-state index < -0.39 is 0 Å². The van der Waals surface area contributed by atoms with Crippen LogP contribution in [0.25, 0.3) is 0 Å². The largest absolute Gasteiger partial charge is 0.312 e. The second-order valence-corrected chi connectivity index (χ2v) is 7.20. The zero-order valence-corrected chi connectivity index (χ0v) is 12.8. The monoisotopic (exact) mass is 260 g/mol. The predicted octanol–water partition coefficient (Wildman–Crippen LogP) is 3.99. The number of aromatic nitrogens is 1. The average molecular weight is 260 g/mol. The van der Waals surface area contributed by atoms with Crippen molar-refractivity contribution >= 4 is 0 Å². The lowest BCUT2D eigenvalue weighted by Crippen LogP contribution is -2.41. The fourth-order valence-corrected chi connectivity index (χ4v) is 3.13. The molecule has 3 unspecified atom stereocenters. The maximum atomic E-state index is 4.31. The molecule has 1 aliphatic rings. The highest BCUT2D eigenvalue weighted by Gasteiger charge is 2.30. The molecule has 1 saturated carbocycles. The van der Waals surface area contributed by atoms with E-state index in [1.807, 2.05) is 6.20 Å². The third-order valence-electron chi connectivity index (χ3n) is 4.26. The van der Waals surface area contributed by atoms with Crippen molar-refractivity contribution in [2.24, 2.45) is 11.8 Å². The lowest BCUT2D eigenvalue weighted by molar-refractivity contribution is 0.227. The van der Waals surface area contributed by atoms with E-state index in [1.165, 1.54) is 24.8 Å². The molecule has 1 aromatic rings. The molecular weight excluding hydrogens is 232 g/mol. The number of nitrogens with one attached hydrogen (secondary N) is 1. The Kier molecular flexibility index (Phi) is 4.62. The summed E-state index contributed by atoms with van der Waals surface area (Å²) in [5, 5.41) is 3.69. The van der Waals surface area contributed by atoms with E-state index in [9.17, 15) is 0 Å². The van der Waals surface area contributed by atoms with Gasteiger partial charge in [-0.2, -0.15) is 0 Å². The second kappa shape index (κ2) is 6.04. The van der Waals surface area contributed by atoms with Gasteiger partial charge in [-0.05, 0) is 69.5 Å². The maximum Gasteiger partial charge on any atom is 0.0302 e. The number of hydrogen-bond acceptors (Lipinski definition) is 2. The molecule has 1 aromatic heterocycles. The van der Waals surface area contributed by atoms with Gasteiger partial charge in [0.1, 0.15) is 0 Å². The normalized spacial score (nSPS) is 28.3. The first-order chi connectivity index (χ1) is 8.96. The van der Waals surface area contributed by atoms with Crippen LogP contribution in [-0.4, -0.2) is 17.1 Å². The molecule has 0 radical (unpaired) electrons. The first kappa shape index (κ1) is 14.5. The zero-order valence-electron chi connectivity index (χ0n) is 12.8. The Bertz CT molecular complexity index is 380. The van der Waals surface area contributed by atoms with E-state index in [0.717, 1.165) is 18.4 Å². The second-order valence-electron chi connectivity index (χ2n) is 7.20. The van der Waals surface area contributed by atoms with Crippen molar-refractivity contribution in [2.75, 3.05) is 6.54 Å². The standard InChI is InChI=1S/C17H28N2/c1-13-7-8-15(12-19-17(2,3)4)16(10-13)14-6-5-9-18-11-14/h5-6,9,11,13,15-16,19H,7-8,10,12H2,1-4H3. The van der Waals surface area contributed by atoms with Gasteiger partial charge in [0.2, 0.25) is 0 Å². The van der Waals surface area contributed by atoms with Crippen molar-refractivity contribution in [2.45, 2.75) is 58.4 Å². The van der Waals surface area contributed by atoms with E-state index in [1.54, 1.807) is 0 Å². The molecule has 2 nitrogen and oxygen atoms in total. The average Bonchev–Trinajstić information content (AvgIpc) is 2.37. The Morgan fingerprint density at radius 1 is 1.32 bits per heavy atom. The highest BCUT2D eigenvalue weighted by Crippen LogP contribution is 2.40. The van der Waals surface area contributed by atoms with Crippen LogP contribution >= 0.6 is 0 Å². The van der Waals surface area contributed by atoms with Crippen molar-refractivity contribution in [3.8, 4) is 0 Å². The molecule has 19 heavy (non-hydrogen) atoms. The van der Waals surface area contributed by atoms with Crippen LogP contribution in [0.1, 0.15) is 58.4 Å². The summed E-state index contributed by atoms with van der Waals surface area (Å²) >= 11 is 0. The zero-order chi connectivity index (χ0) is 13.9. The summed E-state index contributed by atoms with van der Waals surface area (Å²) in [5.74, 6) is 2.27. The molecule has 0 aromatic carbocycles. The molecule has 0 bridgehead atoms. The van der Waals surface area contributed by atoms with Crippen molar-refractivity contribution in [3.05, 3.63) is 30.1 Å².